The van der Waals surface area contributed by atoms with Gasteiger partial charge in [-0.25, -0.2) is 20.9 Å². The molecule has 0 atom stereocenters. The Kier molecular flexibility index (Phi) is 6.76. The Hall–Kier alpha value is -4.03. The van der Waals surface area contributed by atoms with Gasteiger partial charge in [0.2, 0.25) is 12.5 Å². The van der Waals surface area contributed by atoms with Gasteiger partial charge in [0.05, 0.1) is 12.2 Å². The van der Waals surface area contributed by atoms with E-state index in [2.05, 4.69) is 57.9 Å². The summed E-state index contributed by atoms with van der Waals surface area (Å²) in [6.07, 6.45) is 4.37. The van der Waals surface area contributed by atoms with E-state index in [-0.39, 0.29) is 17.0 Å². The van der Waals surface area contributed by atoms with E-state index in [1.54, 1.807) is 17.1 Å². The lowest BCUT2D eigenvalue weighted by atomic mass is 9.91. The van der Waals surface area contributed by atoms with Crippen LogP contribution in [0.15, 0.2) is 47.5 Å². The molecule has 0 bridgehead atoms. The highest BCUT2D eigenvalue weighted by molar-refractivity contribution is 5.77. The number of rotatable bonds is 6. The molecule has 1 N–H and O–H groups in total. The van der Waals surface area contributed by atoms with E-state index in [0.29, 0.717) is 23.5 Å². The quantitative estimate of drug-likeness (QED) is 0.372. The van der Waals surface area contributed by atoms with Crippen molar-refractivity contribution in [2.24, 2.45) is 0 Å². The third-order valence-corrected chi connectivity index (χ3v) is 6.95. The zero-order valence-corrected chi connectivity index (χ0v) is 22.7. The lowest BCUT2D eigenvalue weighted by Crippen LogP contribution is -2.32. The van der Waals surface area contributed by atoms with Gasteiger partial charge in [0.25, 0.3) is 5.56 Å². The Morgan fingerprint density at radius 1 is 1.13 bits per heavy atom. The van der Waals surface area contributed by atoms with Crippen LogP contribution < -0.4 is 10.9 Å². The average molecular weight is 511 g/mol. The van der Waals surface area contributed by atoms with Gasteiger partial charge in [0.1, 0.15) is 5.39 Å². The molecular formula is C29H34N8O. The van der Waals surface area contributed by atoms with Crippen LogP contribution in [0.5, 0.6) is 0 Å². The molecule has 0 amide bonds. The van der Waals surface area contributed by atoms with Gasteiger partial charge < -0.3 is 10.2 Å². The van der Waals surface area contributed by atoms with E-state index in [1.165, 1.54) is 11.1 Å². The first-order valence-electron chi connectivity index (χ1n) is 13.1. The Morgan fingerprint density at radius 2 is 1.95 bits per heavy atom. The average Bonchev–Trinajstić information content (AvgIpc) is 3.18. The van der Waals surface area contributed by atoms with Crippen molar-refractivity contribution in [2.45, 2.75) is 59.0 Å². The van der Waals surface area contributed by atoms with Crippen LogP contribution in [0.1, 0.15) is 57.5 Å². The van der Waals surface area contributed by atoms with Crippen molar-refractivity contribution < 1.29 is 0 Å². The fourth-order valence-corrected chi connectivity index (χ4v) is 4.94. The molecule has 0 radical (unpaired) electrons. The van der Waals surface area contributed by atoms with Crippen molar-refractivity contribution in [1.82, 2.24) is 29.2 Å². The predicted molar refractivity (Wildman–Crippen MR) is 150 cm³/mol. The summed E-state index contributed by atoms with van der Waals surface area (Å²) < 4.78 is 3.61. The van der Waals surface area contributed by atoms with Gasteiger partial charge in [0.15, 0.2) is 5.65 Å². The van der Waals surface area contributed by atoms with Crippen LogP contribution >= 0.6 is 0 Å². The molecule has 9 heteroatoms. The van der Waals surface area contributed by atoms with Gasteiger partial charge in [-0.1, -0.05) is 26.8 Å². The molecule has 4 aromatic rings. The number of pyridine rings is 1. The Bertz CT molecular complexity index is 1590. The molecule has 5 rings (SSSR count). The maximum absolute atomic E-state index is 13.4. The Labute approximate surface area is 223 Å². The first-order valence-corrected chi connectivity index (χ1v) is 13.1. The van der Waals surface area contributed by atoms with E-state index in [1.807, 2.05) is 36.7 Å². The molecular weight excluding hydrogens is 476 g/mol. The smallest absolute Gasteiger partial charge is 0.278 e. The maximum atomic E-state index is 13.4. The van der Waals surface area contributed by atoms with Gasteiger partial charge in [-0.15, -0.1) is 0 Å². The van der Waals surface area contributed by atoms with Crippen molar-refractivity contribution in [1.29, 1.82) is 0 Å². The van der Waals surface area contributed by atoms with Crippen LogP contribution in [0.3, 0.4) is 0 Å². The topological polar surface area (TPSA) is 85.2 Å². The summed E-state index contributed by atoms with van der Waals surface area (Å²) in [6, 6.07) is 10.2. The van der Waals surface area contributed by atoms with Crippen LogP contribution in [0.2, 0.25) is 0 Å². The standard InChI is InChI=1S/C29H34N8O/c1-19(2)36-27(38)24-17-32-28(34-26(24)37(36)23-9-11-31-25(16-23)29(3,4)5)33-22-8-7-20-10-13-35(14-12-30-6)18-21(20)15-22/h7-9,11,15-17,19H,10,12-14,18H2,1-5H3,(H,32,33,34). The molecule has 0 fully saturated rings. The largest absolute Gasteiger partial charge is 0.324 e. The molecule has 1 aliphatic rings. The van der Waals surface area contributed by atoms with Crippen molar-refractivity contribution >= 4 is 22.7 Å². The van der Waals surface area contributed by atoms with E-state index in [0.717, 1.165) is 43.1 Å². The number of aromatic nitrogens is 5. The highest BCUT2D eigenvalue weighted by Gasteiger charge is 2.22. The fraction of sp³-hybridized carbons (Fsp3) is 0.414. The minimum absolute atomic E-state index is 0.0780. The summed E-state index contributed by atoms with van der Waals surface area (Å²) in [6.45, 7) is 20.5. The summed E-state index contributed by atoms with van der Waals surface area (Å²) in [5.41, 5.74) is 5.55. The summed E-state index contributed by atoms with van der Waals surface area (Å²) in [7, 11) is 0. The SMILES string of the molecule is [C-]#[N+]CCN1CCc2ccc(Nc3ncc4c(=O)n(C(C)C)n(-c5ccnc(C(C)(C)C)c5)c4n3)cc2C1. The highest BCUT2D eigenvalue weighted by Crippen LogP contribution is 2.27. The summed E-state index contributed by atoms with van der Waals surface area (Å²) in [5.74, 6) is 0.429. The zero-order valence-electron chi connectivity index (χ0n) is 22.7. The van der Waals surface area contributed by atoms with Crippen LogP contribution in [0.4, 0.5) is 11.6 Å². The number of benzene rings is 1. The third kappa shape index (κ3) is 4.92. The van der Waals surface area contributed by atoms with Crippen molar-refractivity contribution in [2.75, 3.05) is 25.0 Å². The fourth-order valence-electron chi connectivity index (χ4n) is 4.94. The molecule has 196 valence electrons. The molecule has 0 aliphatic carbocycles. The lowest BCUT2D eigenvalue weighted by molar-refractivity contribution is 0.266. The second-order valence-corrected chi connectivity index (χ2v) is 11.2. The molecule has 0 saturated carbocycles. The molecule has 3 aromatic heterocycles. The minimum atomic E-state index is -0.137. The van der Waals surface area contributed by atoms with Gasteiger partial charge in [-0.2, -0.15) is 4.98 Å². The van der Waals surface area contributed by atoms with E-state index >= 15 is 0 Å². The Balaban J connectivity index is 1.54. The van der Waals surface area contributed by atoms with Gasteiger partial charge >= 0.3 is 0 Å². The molecule has 0 spiro atoms. The van der Waals surface area contributed by atoms with Gasteiger partial charge in [-0.05, 0) is 55.7 Å². The molecule has 38 heavy (non-hydrogen) atoms. The normalized spacial score (nSPS) is 14.0. The number of hydrogen-bond donors (Lipinski definition) is 1. The van der Waals surface area contributed by atoms with Crippen molar-refractivity contribution in [3.05, 3.63) is 81.3 Å². The Morgan fingerprint density at radius 3 is 2.68 bits per heavy atom. The van der Waals surface area contributed by atoms with Crippen molar-refractivity contribution in [3.8, 4) is 5.69 Å². The minimum Gasteiger partial charge on any atom is -0.324 e. The van der Waals surface area contributed by atoms with E-state index < -0.39 is 0 Å². The van der Waals surface area contributed by atoms with E-state index in [4.69, 9.17) is 11.6 Å². The number of fused-ring (bicyclic) bond motifs is 2. The molecule has 1 aliphatic heterocycles. The van der Waals surface area contributed by atoms with Gasteiger partial charge in [-0.3, -0.25) is 14.7 Å². The molecule has 4 heterocycles. The predicted octanol–water partition coefficient (Wildman–Crippen LogP) is 4.88. The van der Waals surface area contributed by atoms with Crippen LogP contribution in [-0.4, -0.2) is 48.8 Å². The lowest BCUT2D eigenvalue weighted by Gasteiger charge is -2.27. The summed E-state index contributed by atoms with van der Waals surface area (Å²) in [5, 5.41) is 3.82. The number of hydrogen-bond acceptors (Lipinski definition) is 6. The van der Waals surface area contributed by atoms with Crippen LogP contribution in [-0.2, 0) is 18.4 Å². The van der Waals surface area contributed by atoms with Crippen LogP contribution in [0, 0.1) is 6.57 Å². The first-order chi connectivity index (χ1) is 18.2. The van der Waals surface area contributed by atoms with Gasteiger partial charge in [0, 0.05) is 48.3 Å². The third-order valence-electron chi connectivity index (χ3n) is 6.95. The number of anilines is 2. The zero-order chi connectivity index (χ0) is 27.0. The molecule has 0 unspecified atom stereocenters. The van der Waals surface area contributed by atoms with E-state index in [9.17, 15) is 4.79 Å². The number of nitrogens with zero attached hydrogens (tertiary/aromatic N) is 7. The molecule has 1 aromatic carbocycles. The highest BCUT2D eigenvalue weighted by atomic mass is 16.1. The summed E-state index contributed by atoms with van der Waals surface area (Å²) >= 11 is 0. The number of nitrogens with one attached hydrogen (secondary N) is 1. The first kappa shape index (κ1) is 25.6. The second-order valence-electron chi connectivity index (χ2n) is 11.2. The molecule has 9 nitrogen and oxygen atoms in total. The summed E-state index contributed by atoms with van der Waals surface area (Å²) in [4.78, 5) is 33.1. The maximum Gasteiger partial charge on any atom is 0.278 e. The van der Waals surface area contributed by atoms with Crippen molar-refractivity contribution in [3.63, 3.8) is 0 Å². The molecule has 0 saturated heterocycles. The second kappa shape index (κ2) is 10.0. The van der Waals surface area contributed by atoms with Crippen LogP contribution in [0.25, 0.3) is 21.6 Å². The monoisotopic (exact) mass is 510 g/mol.